The van der Waals surface area contributed by atoms with Crippen molar-refractivity contribution in [3.05, 3.63) is 73.8 Å². The van der Waals surface area contributed by atoms with Gasteiger partial charge in [-0.05, 0) is 61.6 Å². The summed E-state index contributed by atoms with van der Waals surface area (Å²) in [6, 6.07) is 8.27. The Bertz CT molecular complexity index is 1020. The molecular weight excluding hydrogens is 343 g/mol. The van der Waals surface area contributed by atoms with Crippen molar-refractivity contribution in [3.8, 4) is 5.75 Å². The van der Waals surface area contributed by atoms with Gasteiger partial charge in [0.15, 0.2) is 0 Å². The van der Waals surface area contributed by atoms with E-state index < -0.39 is 5.82 Å². The first-order chi connectivity index (χ1) is 12.0. The van der Waals surface area contributed by atoms with Gasteiger partial charge in [0.2, 0.25) is 0 Å². The van der Waals surface area contributed by atoms with Gasteiger partial charge in [-0.1, -0.05) is 17.7 Å². The number of ether oxygens (including phenoxy) is 1. The van der Waals surface area contributed by atoms with Crippen LogP contribution < -0.4 is 10.4 Å². The lowest BCUT2D eigenvalue weighted by Gasteiger charge is -2.14. The zero-order valence-corrected chi connectivity index (χ0v) is 14.5. The molecule has 0 aliphatic heterocycles. The molecule has 2 aromatic carbocycles. The zero-order chi connectivity index (χ0) is 17.6. The van der Waals surface area contributed by atoms with E-state index in [1.54, 1.807) is 12.1 Å². The summed E-state index contributed by atoms with van der Waals surface area (Å²) in [5.41, 5.74) is 3.18. The normalized spacial score (nSPS) is 13.2. The predicted octanol–water partition coefficient (Wildman–Crippen LogP) is 4.96. The molecule has 0 amide bonds. The molecule has 1 aliphatic carbocycles. The van der Waals surface area contributed by atoms with Gasteiger partial charge in [-0.15, -0.1) is 0 Å². The van der Waals surface area contributed by atoms with E-state index in [1.165, 1.54) is 6.07 Å². The predicted molar refractivity (Wildman–Crippen MR) is 95.0 cm³/mol. The minimum atomic E-state index is -0.402. The van der Waals surface area contributed by atoms with Gasteiger partial charge in [-0.2, -0.15) is 0 Å². The number of hydrogen-bond donors (Lipinski definition) is 0. The van der Waals surface area contributed by atoms with Crippen molar-refractivity contribution in [1.29, 1.82) is 0 Å². The molecular formula is C20H16ClFO3. The standard InChI is InChI=1S/C20H16ClFO3/c1-11-8-17(24-10-14-15(21)6-3-7-16(14)22)19-12-4-2-5-13(12)20(23)25-18(19)9-11/h3,6-9H,2,4-5,10H2,1H3. The molecule has 1 aromatic heterocycles. The molecule has 0 radical (unpaired) electrons. The average Bonchev–Trinajstić information content (AvgIpc) is 3.04. The Morgan fingerprint density at radius 1 is 1.24 bits per heavy atom. The Hall–Kier alpha value is -2.33. The number of fused-ring (bicyclic) bond motifs is 3. The first kappa shape index (κ1) is 16.2. The zero-order valence-electron chi connectivity index (χ0n) is 13.7. The van der Waals surface area contributed by atoms with Gasteiger partial charge in [0.25, 0.3) is 0 Å². The highest BCUT2D eigenvalue weighted by atomic mass is 35.5. The first-order valence-electron chi connectivity index (χ1n) is 8.19. The van der Waals surface area contributed by atoms with Crippen LogP contribution in [0.25, 0.3) is 11.0 Å². The fourth-order valence-electron chi connectivity index (χ4n) is 3.44. The van der Waals surface area contributed by atoms with Crippen LogP contribution in [0, 0.1) is 12.7 Å². The van der Waals surface area contributed by atoms with Crippen LogP contribution in [-0.2, 0) is 19.4 Å². The third-order valence-electron chi connectivity index (χ3n) is 4.61. The highest BCUT2D eigenvalue weighted by Gasteiger charge is 2.22. The maximum Gasteiger partial charge on any atom is 0.339 e. The van der Waals surface area contributed by atoms with Gasteiger partial charge in [0.05, 0.1) is 10.4 Å². The molecule has 0 fully saturated rings. The van der Waals surface area contributed by atoms with Crippen molar-refractivity contribution in [2.24, 2.45) is 0 Å². The summed E-state index contributed by atoms with van der Waals surface area (Å²) in [6.07, 6.45) is 2.46. The molecule has 128 valence electrons. The van der Waals surface area contributed by atoms with Crippen LogP contribution in [0.15, 0.2) is 39.5 Å². The molecule has 5 heteroatoms. The summed E-state index contributed by atoms with van der Waals surface area (Å²) in [7, 11) is 0. The first-order valence-corrected chi connectivity index (χ1v) is 8.57. The van der Waals surface area contributed by atoms with E-state index in [2.05, 4.69) is 0 Å². The van der Waals surface area contributed by atoms with E-state index in [1.807, 2.05) is 19.1 Å². The summed E-state index contributed by atoms with van der Waals surface area (Å²) in [6.45, 7) is 1.91. The number of halogens is 2. The summed E-state index contributed by atoms with van der Waals surface area (Å²) in [4.78, 5) is 12.1. The highest BCUT2D eigenvalue weighted by molar-refractivity contribution is 6.31. The second-order valence-corrected chi connectivity index (χ2v) is 6.73. The van der Waals surface area contributed by atoms with E-state index in [0.717, 1.165) is 41.3 Å². The van der Waals surface area contributed by atoms with Crippen molar-refractivity contribution in [1.82, 2.24) is 0 Å². The Balaban J connectivity index is 1.82. The van der Waals surface area contributed by atoms with E-state index in [9.17, 15) is 9.18 Å². The third-order valence-corrected chi connectivity index (χ3v) is 4.97. The van der Waals surface area contributed by atoms with Gasteiger partial charge >= 0.3 is 5.63 Å². The summed E-state index contributed by atoms with van der Waals surface area (Å²) in [5, 5.41) is 1.14. The molecule has 0 bridgehead atoms. The highest BCUT2D eigenvalue weighted by Crippen LogP contribution is 2.35. The van der Waals surface area contributed by atoms with E-state index in [-0.39, 0.29) is 12.2 Å². The fourth-order valence-corrected chi connectivity index (χ4v) is 3.66. The van der Waals surface area contributed by atoms with Gasteiger partial charge in [-0.25, -0.2) is 9.18 Å². The van der Waals surface area contributed by atoms with Crippen molar-refractivity contribution in [2.75, 3.05) is 0 Å². The van der Waals surface area contributed by atoms with Gasteiger partial charge < -0.3 is 9.15 Å². The average molecular weight is 359 g/mol. The second-order valence-electron chi connectivity index (χ2n) is 6.33. The molecule has 25 heavy (non-hydrogen) atoms. The van der Waals surface area contributed by atoms with Crippen LogP contribution in [0.3, 0.4) is 0 Å². The van der Waals surface area contributed by atoms with Crippen LogP contribution in [0.5, 0.6) is 5.75 Å². The SMILES string of the molecule is Cc1cc(OCc2c(F)cccc2Cl)c2c3c(c(=O)oc2c1)CCC3. The molecule has 1 aliphatic rings. The van der Waals surface area contributed by atoms with E-state index in [4.69, 9.17) is 20.8 Å². The Morgan fingerprint density at radius 3 is 2.84 bits per heavy atom. The molecule has 0 atom stereocenters. The van der Waals surface area contributed by atoms with E-state index >= 15 is 0 Å². The lowest BCUT2D eigenvalue weighted by Crippen LogP contribution is -2.08. The molecule has 0 saturated carbocycles. The minimum absolute atomic E-state index is 0.0119. The van der Waals surface area contributed by atoms with Crippen molar-refractivity contribution in [3.63, 3.8) is 0 Å². The smallest absolute Gasteiger partial charge is 0.339 e. The molecule has 3 nitrogen and oxygen atoms in total. The van der Waals surface area contributed by atoms with Gasteiger partial charge in [0.1, 0.15) is 23.8 Å². The summed E-state index contributed by atoms with van der Waals surface area (Å²) < 4.78 is 25.4. The topological polar surface area (TPSA) is 39.4 Å². The van der Waals surface area contributed by atoms with Crippen LogP contribution >= 0.6 is 11.6 Å². The second kappa shape index (κ2) is 6.19. The lowest BCUT2D eigenvalue weighted by atomic mass is 10.0. The monoisotopic (exact) mass is 358 g/mol. The van der Waals surface area contributed by atoms with Crippen LogP contribution in [0.4, 0.5) is 4.39 Å². The quantitative estimate of drug-likeness (QED) is 0.621. The molecule has 0 spiro atoms. The summed E-state index contributed by atoms with van der Waals surface area (Å²) in [5.74, 6) is 0.192. The Labute approximate surface area is 149 Å². The van der Waals surface area contributed by atoms with Crippen molar-refractivity contribution < 1.29 is 13.5 Å². The maximum absolute atomic E-state index is 14.0. The van der Waals surface area contributed by atoms with Crippen molar-refractivity contribution in [2.45, 2.75) is 32.8 Å². The largest absolute Gasteiger partial charge is 0.488 e. The molecule has 0 saturated heterocycles. The number of hydrogen-bond acceptors (Lipinski definition) is 3. The molecule has 4 rings (SSSR count). The summed E-state index contributed by atoms with van der Waals surface area (Å²) >= 11 is 6.08. The van der Waals surface area contributed by atoms with Crippen LogP contribution in [0.1, 0.15) is 28.7 Å². The molecule has 1 heterocycles. The van der Waals surface area contributed by atoms with E-state index in [0.29, 0.717) is 21.9 Å². The lowest BCUT2D eigenvalue weighted by molar-refractivity contribution is 0.303. The number of aryl methyl sites for hydroxylation is 2. The third kappa shape index (κ3) is 2.81. The van der Waals surface area contributed by atoms with Crippen LogP contribution in [0.2, 0.25) is 5.02 Å². The fraction of sp³-hybridized carbons (Fsp3) is 0.250. The Kier molecular flexibility index (Phi) is 4.00. The minimum Gasteiger partial charge on any atom is -0.488 e. The van der Waals surface area contributed by atoms with Gasteiger partial charge in [0, 0.05) is 11.1 Å². The van der Waals surface area contributed by atoms with Gasteiger partial charge in [-0.3, -0.25) is 0 Å². The maximum atomic E-state index is 14.0. The molecule has 3 aromatic rings. The number of benzene rings is 2. The molecule has 0 N–H and O–H groups in total. The van der Waals surface area contributed by atoms with Crippen molar-refractivity contribution >= 4 is 22.6 Å². The Morgan fingerprint density at radius 2 is 2.04 bits per heavy atom. The number of rotatable bonds is 3. The van der Waals surface area contributed by atoms with Crippen LogP contribution in [-0.4, -0.2) is 0 Å². The molecule has 0 unspecified atom stereocenters.